The zero-order chi connectivity index (χ0) is 19.8. The van der Waals surface area contributed by atoms with Crippen molar-refractivity contribution in [2.45, 2.75) is 13.0 Å². The third kappa shape index (κ3) is 3.42. The van der Waals surface area contributed by atoms with Gasteiger partial charge >= 0.3 is 0 Å². The fourth-order valence-corrected chi connectivity index (χ4v) is 4.35. The number of hydrogen-bond donors (Lipinski definition) is 2. The summed E-state index contributed by atoms with van der Waals surface area (Å²) in [6, 6.07) is 11.6. The van der Waals surface area contributed by atoms with E-state index in [4.69, 9.17) is 4.42 Å². The van der Waals surface area contributed by atoms with E-state index in [2.05, 4.69) is 15.3 Å². The molecule has 0 radical (unpaired) electrons. The number of nitrogens with zero attached hydrogens (tertiary/aromatic N) is 2. The van der Waals surface area contributed by atoms with E-state index in [0.717, 1.165) is 22.2 Å². The molecule has 2 amide bonds. The van der Waals surface area contributed by atoms with E-state index < -0.39 is 5.92 Å². The lowest BCUT2D eigenvalue weighted by atomic mass is 10.1. The highest BCUT2D eigenvalue weighted by molar-refractivity contribution is 7.14. The number of amides is 2. The Morgan fingerprint density at radius 2 is 2.21 bits per heavy atom. The van der Waals surface area contributed by atoms with E-state index in [9.17, 15) is 9.59 Å². The van der Waals surface area contributed by atoms with Gasteiger partial charge in [0.2, 0.25) is 11.8 Å². The van der Waals surface area contributed by atoms with Crippen molar-refractivity contribution in [1.29, 1.82) is 0 Å². The summed E-state index contributed by atoms with van der Waals surface area (Å²) in [7, 11) is 0. The number of nitrogens with one attached hydrogen (secondary N) is 2. The van der Waals surface area contributed by atoms with Crippen LogP contribution in [0.2, 0.25) is 0 Å². The second-order valence-electron chi connectivity index (χ2n) is 7.03. The van der Waals surface area contributed by atoms with Crippen molar-refractivity contribution < 1.29 is 14.0 Å². The summed E-state index contributed by atoms with van der Waals surface area (Å²) < 4.78 is 5.30. The minimum Gasteiger partial charge on any atom is -0.467 e. The number of anilines is 1. The van der Waals surface area contributed by atoms with Gasteiger partial charge in [-0.15, -0.1) is 11.3 Å². The SMILES string of the molecule is O=C(Nc1nc(-c2c[nH]c3ccccc23)cs1)C1CC(=O)N(Cc2ccco2)C1. The third-order valence-corrected chi connectivity index (χ3v) is 5.87. The second kappa shape index (κ2) is 7.21. The average Bonchev–Trinajstić information content (AvgIpc) is 3.50. The van der Waals surface area contributed by atoms with Gasteiger partial charge in [0.15, 0.2) is 5.13 Å². The Morgan fingerprint density at radius 3 is 3.07 bits per heavy atom. The first-order valence-electron chi connectivity index (χ1n) is 9.30. The number of benzene rings is 1. The van der Waals surface area contributed by atoms with Crippen LogP contribution in [0.25, 0.3) is 22.2 Å². The molecule has 0 bridgehead atoms. The standard InChI is InChI=1S/C21H18N4O3S/c26-19-8-13(10-25(19)11-14-4-3-7-28-14)20(27)24-21-23-18(12-29-21)16-9-22-17-6-2-1-5-15(16)17/h1-7,9,12-13,22H,8,10-11H2,(H,23,24,27). The Kier molecular flexibility index (Phi) is 4.40. The van der Waals surface area contributed by atoms with Crippen molar-refractivity contribution in [3.63, 3.8) is 0 Å². The van der Waals surface area contributed by atoms with Gasteiger partial charge in [-0.1, -0.05) is 18.2 Å². The maximum Gasteiger partial charge on any atom is 0.231 e. The van der Waals surface area contributed by atoms with Gasteiger partial charge in [-0.05, 0) is 18.2 Å². The molecule has 29 heavy (non-hydrogen) atoms. The van der Waals surface area contributed by atoms with E-state index in [1.54, 1.807) is 17.2 Å². The van der Waals surface area contributed by atoms with Gasteiger partial charge in [-0.2, -0.15) is 0 Å². The number of aromatic nitrogens is 2. The van der Waals surface area contributed by atoms with Crippen LogP contribution in [-0.2, 0) is 16.1 Å². The Bertz CT molecular complexity index is 1180. The Hall–Kier alpha value is -3.39. The highest BCUT2D eigenvalue weighted by Crippen LogP contribution is 2.31. The van der Waals surface area contributed by atoms with Crippen LogP contribution in [0.4, 0.5) is 5.13 Å². The molecule has 1 atom stereocenters. The predicted molar refractivity (Wildman–Crippen MR) is 110 cm³/mol. The molecule has 2 N–H and O–H groups in total. The number of hydrogen-bond acceptors (Lipinski definition) is 5. The number of rotatable bonds is 5. The highest BCUT2D eigenvalue weighted by atomic mass is 32.1. The molecule has 1 unspecified atom stereocenters. The van der Waals surface area contributed by atoms with E-state index in [0.29, 0.717) is 24.0 Å². The molecule has 0 spiro atoms. The number of furan rings is 1. The van der Waals surface area contributed by atoms with Gasteiger partial charge in [0.1, 0.15) is 5.76 Å². The van der Waals surface area contributed by atoms with Crippen molar-refractivity contribution in [2.24, 2.45) is 5.92 Å². The minimum absolute atomic E-state index is 0.0415. The lowest BCUT2D eigenvalue weighted by Crippen LogP contribution is -2.27. The van der Waals surface area contributed by atoms with Crippen molar-refractivity contribution in [3.05, 3.63) is 60.0 Å². The minimum atomic E-state index is -0.391. The highest BCUT2D eigenvalue weighted by Gasteiger charge is 2.35. The maximum atomic E-state index is 12.7. The molecular formula is C21H18N4O3S. The summed E-state index contributed by atoms with van der Waals surface area (Å²) in [6.45, 7) is 0.767. The molecule has 8 heteroatoms. The molecule has 1 aliphatic rings. The summed E-state index contributed by atoms with van der Waals surface area (Å²) in [5.41, 5.74) is 2.85. The molecule has 1 aliphatic heterocycles. The Morgan fingerprint density at radius 1 is 1.31 bits per heavy atom. The molecule has 0 saturated carbocycles. The molecule has 146 valence electrons. The monoisotopic (exact) mass is 406 g/mol. The fraction of sp³-hybridized carbons (Fsp3) is 0.190. The Balaban J connectivity index is 1.26. The van der Waals surface area contributed by atoms with Gasteiger partial charge in [0.05, 0.1) is 24.4 Å². The fourth-order valence-electron chi connectivity index (χ4n) is 3.64. The first kappa shape index (κ1) is 17.7. The summed E-state index contributed by atoms with van der Waals surface area (Å²) in [5, 5.41) is 6.42. The largest absolute Gasteiger partial charge is 0.467 e. The number of H-pyrrole nitrogens is 1. The summed E-state index contributed by atoms with van der Waals surface area (Å²) in [5.74, 6) is 0.0981. The number of thiazole rings is 1. The van der Waals surface area contributed by atoms with Crippen LogP contribution in [-0.4, -0.2) is 33.2 Å². The zero-order valence-corrected chi connectivity index (χ0v) is 16.2. The van der Waals surface area contributed by atoms with Crippen LogP contribution in [0.3, 0.4) is 0 Å². The lowest BCUT2D eigenvalue weighted by molar-refractivity contribution is -0.128. The molecule has 4 heterocycles. The van der Waals surface area contributed by atoms with Gasteiger partial charge in [-0.3, -0.25) is 9.59 Å². The molecule has 1 fully saturated rings. The van der Waals surface area contributed by atoms with Crippen LogP contribution in [0.15, 0.2) is 58.7 Å². The first-order chi connectivity index (χ1) is 14.2. The van der Waals surface area contributed by atoms with Gasteiger partial charge in [0.25, 0.3) is 0 Å². The van der Waals surface area contributed by atoms with Crippen molar-refractivity contribution in [2.75, 3.05) is 11.9 Å². The normalized spacial score (nSPS) is 16.6. The van der Waals surface area contributed by atoms with Crippen molar-refractivity contribution in [3.8, 4) is 11.3 Å². The summed E-state index contributed by atoms with van der Waals surface area (Å²) in [4.78, 5) is 34.4. The van der Waals surface area contributed by atoms with Gasteiger partial charge < -0.3 is 19.6 Å². The molecule has 5 rings (SSSR count). The quantitative estimate of drug-likeness (QED) is 0.526. The predicted octanol–water partition coefficient (Wildman–Crippen LogP) is 3.87. The van der Waals surface area contributed by atoms with E-state index in [-0.39, 0.29) is 18.2 Å². The molecule has 3 aromatic heterocycles. The van der Waals surface area contributed by atoms with Crippen LogP contribution < -0.4 is 5.32 Å². The number of para-hydroxylation sites is 1. The smallest absolute Gasteiger partial charge is 0.231 e. The van der Waals surface area contributed by atoms with E-state index in [1.165, 1.54) is 11.3 Å². The molecule has 7 nitrogen and oxygen atoms in total. The number of likely N-dealkylation sites (tertiary alicyclic amines) is 1. The third-order valence-electron chi connectivity index (χ3n) is 5.11. The van der Waals surface area contributed by atoms with Crippen molar-refractivity contribution in [1.82, 2.24) is 14.9 Å². The van der Waals surface area contributed by atoms with E-state index >= 15 is 0 Å². The first-order valence-corrected chi connectivity index (χ1v) is 10.2. The maximum absolute atomic E-state index is 12.7. The molecule has 1 saturated heterocycles. The number of carbonyl (C=O) groups excluding carboxylic acids is 2. The van der Waals surface area contributed by atoms with Crippen molar-refractivity contribution >= 4 is 39.2 Å². The lowest BCUT2D eigenvalue weighted by Gasteiger charge is -2.14. The number of aromatic amines is 1. The molecule has 0 aliphatic carbocycles. The topological polar surface area (TPSA) is 91.2 Å². The Labute approximate surface area is 170 Å². The molecule has 4 aromatic rings. The molecule has 1 aromatic carbocycles. The van der Waals surface area contributed by atoms with Crippen LogP contribution in [0.5, 0.6) is 0 Å². The van der Waals surface area contributed by atoms with Gasteiger partial charge in [0, 0.05) is 41.0 Å². The summed E-state index contributed by atoms with van der Waals surface area (Å²) in [6.07, 6.45) is 3.70. The second-order valence-corrected chi connectivity index (χ2v) is 7.89. The van der Waals surface area contributed by atoms with Crippen LogP contribution in [0, 0.1) is 5.92 Å². The molecular weight excluding hydrogens is 388 g/mol. The van der Waals surface area contributed by atoms with E-state index in [1.807, 2.05) is 41.9 Å². The van der Waals surface area contributed by atoms with Gasteiger partial charge in [-0.25, -0.2) is 4.98 Å². The van der Waals surface area contributed by atoms with Crippen LogP contribution in [0.1, 0.15) is 12.2 Å². The number of carbonyl (C=O) groups is 2. The average molecular weight is 406 g/mol. The number of fused-ring (bicyclic) bond motifs is 1. The zero-order valence-electron chi connectivity index (χ0n) is 15.4. The van der Waals surface area contributed by atoms with Crippen LogP contribution >= 0.6 is 11.3 Å². The summed E-state index contributed by atoms with van der Waals surface area (Å²) >= 11 is 1.38.